The van der Waals surface area contributed by atoms with Crippen LogP contribution in [0.25, 0.3) is 0 Å². The molecule has 0 aromatic rings. The van der Waals surface area contributed by atoms with Gasteiger partial charge in [0.1, 0.15) is 11.4 Å². The topological polar surface area (TPSA) is 34.1 Å². The third-order valence-corrected chi connectivity index (χ3v) is 4.17. The SMILES string of the molecule is O=S(=O)(Cl)[C@@H]1CCCCC[C@@H]1F. The van der Waals surface area contributed by atoms with E-state index in [2.05, 4.69) is 0 Å². The van der Waals surface area contributed by atoms with Crippen molar-refractivity contribution in [1.29, 1.82) is 0 Å². The van der Waals surface area contributed by atoms with Gasteiger partial charge in [-0.15, -0.1) is 0 Å². The Morgan fingerprint density at radius 2 is 1.75 bits per heavy atom. The van der Waals surface area contributed by atoms with Gasteiger partial charge in [0.25, 0.3) is 0 Å². The minimum atomic E-state index is -3.70. The van der Waals surface area contributed by atoms with E-state index in [0.29, 0.717) is 12.8 Å². The van der Waals surface area contributed by atoms with Crippen LogP contribution in [0.4, 0.5) is 4.39 Å². The summed E-state index contributed by atoms with van der Waals surface area (Å²) in [6.07, 6.45) is 1.86. The van der Waals surface area contributed by atoms with E-state index >= 15 is 0 Å². The maximum Gasteiger partial charge on any atom is 0.238 e. The minimum Gasteiger partial charge on any atom is -0.246 e. The maximum absolute atomic E-state index is 13.1. The molecule has 0 spiro atoms. The summed E-state index contributed by atoms with van der Waals surface area (Å²) < 4.78 is 34.9. The van der Waals surface area contributed by atoms with Crippen LogP contribution in [0.2, 0.25) is 0 Å². The van der Waals surface area contributed by atoms with E-state index in [1.807, 2.05) is 0 Å². The molecule has 1 aliphatic rings. The maximum atomic E-state index is 13.1. The van der Waals surface area contributed by atoms with Crippen molar-refractivity contribution in [2.75, 3.05) is 0 Å². The lowest BCUT2D eigenvalue weighted by Crippen LogP contribution is -2.26. The second-order valence-corrected chi connectivity index (χ2v) is 6.02. The average Bonchev–Trinajstić information content (AvgIpc) is 2.11. The van der Waals surface area contributed by atoms with E-state index in [-0.39, 0.29) is 0 Å². The van der Waals surface area contributed by atoms with Crippen LogP contribution in [0.1, 0.15) is 32.1 Å². The zero-order valence-corrected chi connectivity index (χ0v) is 8.24. The summed E-state index contributed by atoms with van der Waals surface area (Å²) in [6, 6.07) is 0. The Bertz CT molecular complexity index is 240. The van der Waals surface area contributed by atoms with Crippen molar-refractivity contribution in [3.05, 3.63) is 0 Å². The van der Waals surface area contributed by atoms with Gasteiger partial charge in [0, 0.05) is 10.7 Å². The van der Waals surface area contributed by atoms with E-state index in [0.717, 1.165) is 19.3 Å². The van der Waals surface area contributed by atoms with Crippen LogP contribution in [0.5, 0.6) is 0 Å². The van der Waals surface area contributed by atoms with Crippen LogP contribution >= 0.6 is 10.7 Å². The molecule has 0 aliphatic heterocycles. The number of rotatable bonds is 1. The van der Waals surface area contributed by atoms with Crippen molar-refractivity contribution in [3.8, 4) is 0 Å². The quantitative estimate of drug-likeness (QED) is 0.496. The van der Waals surface area contributed by atoms with Gasteiger partial charge in [-0.3, -0.25) is 0 Å². The van der Waals surface area contributed by atoms with Gasteiger partial charge in [-0.25, -0.2) is 12.8 Å². The van der Waals surface area contributed by atoms with Gasteiger partial charge in [-0.1, -0.05) is 19.3 Å². The molecule has 1 fully saturated rings. The highest BCUT2D eigenvalue weighted by atomic mass is 35.7. The molecular formula is C7H12ClFO2S. The largest absolute Gasteiger partial charge is 0.246 e. The van der Waals surface area contributed by atoms with Crippen LogP contribution < -0.4 is 0 Å². The van der Waals surface area contributed by atoms with E-state index in [9.17, 15) is 12.8 Å². The highest BCUT2D eigenvalue weighted by Gasteiger charge is 2.32. The zero-order chi connectivity index (χ0) is 9.19. The summed E-state index contributed by atoms with van der Waals surface area (Å²) in [7, 11) is 1.41. The lowest BCUT2D eigenvalue weighted by Gasteiger charge is -2.13. The lowest BCUT2D eigenvalue weighted by molar-refractivity contribution is 0.303. The third-order valence-electron chi connectivity index (χ3n) is 2.23. The second-order valence-electron chi connectivity index (χ2n) is 3.17. The van der Waals surface area contributed by atoms with Gasteiger partial charge in [0.05, 0.1) is 0 Å². The van der Waals surface area contributed by atoms with Crippen LogP contribution in [-0.4, -0.2) is 19.8 Å². The van der Waals surface area contributed by atoms with E-state index in [1.54, 1.807) is 0 Å². The summed E-state index contributed by atoms with van der Waals surface area (Å²) in [6.45, 7) is 0. The molecule has 0 N–H and O–H groups in total. The molecule has 0 bridgehead atoms. The predicted molar refractivity (Wildman–Crippen MR) is 46.5 cm³/mol. The van der Waals surface area contributed by atoms with Crippen LogP contribution in [0.3, 0.4) is 0 Å². The Labute approximate surface area is 76.5 Å². The van der Waals surface area contributed by atoms with Crippen LogP contribution in [0.15, 0.2) is 0 Å². The first-order valence-electron chi connectivity index (χ1n) is 4.09. The normalized spacial score (nSPS) is 32.8. The molecule has 0 aromatic carbocycles. The summed E-state index contributed by atoms with van der Waals surface area (Å²) in [4.78, 5) is 0. The molecule has 0 saturated heterocycles. The van der Waals surface area contributed by atoms with Gasteiger partial charge < -0.3 is 0 Å². The van der Waals surface area contributed by atoms with Gasteiger partial charge in [0.15, 0.2) is 0 Å². The molecule has 2 nitrogen and oxygen atoms in total. The Kier molecular flexibility index (Phi) is 3.35. The van der Waals surface area contributed by atoms with Gasteiger partial charge in [-0.2, -0.15) is 0 Å². The number of alkyl halides is 1. The van der Waals surface area contributed by atoms with Gasteiger partial charge >= 0.3 is 0 Å². The standard InChI is InChI=1S/C7H12ClFO2S/c8-12(10,11)7-5-3-1-2-4-6(7)9/h6-7H,1-5H2/t6-,7+/m0/s1. The Morgan fingerprint density at radius 1 is 1.17 bits per heavy atom. The van der Waals surface area contributed by atoms with Gasteiger partial charge in [0.2, 0.25) is 9.05 Å². The molecule has 0 unspecified atom stereocenters. The van der Waals surface area contributed by atoms with Crippen molar-refractivity contribution in [2.24, 2.45) is 0 Å². The van der Waals surface area contributed by atoms with E-state index in [1.165, 1.54) is 0 Å². The first-order valence-corrected chi connectivity index (χ1v) is 6.46. The van der Waals surface area contributed by atoms with Crippen LogP contribution in [-0.2, 0) is 9.05 Å². The molecule has 0 amide bonds. The average molecular weight is 215 g/mol. The summed E-state index contributed by atoms with van der Waals surface area (Å²) >= 11 is 0. The fraction of sp³-hybridized carbons (Fsp3) is 1.00. The van der Waals surface area contributed by atoms with E-state index < -0.39 is 20.5 Å². The third kappa shape index (κ3) is 2.59. The number of hydrogen-bond acceptors (Lipinski definition) is 2. The number of halogens is 2. The fourth-order valence-electron chi connectivity index (χ4n) is 1.55. The first-order chi connectivity index (χ1) is 5.52. The summed E-state index contributed by atoms with van der Waals surface area (Å²) in [5, 5.41) is -0.971. The molecule has 1 aliphatic carbocycles. The van der Waals surface area contributed by atoms with Crippen molar-refractivity contribution in [1.82, 2.24) is 0 Å². The highest BCUT2D eigenvalue weighted by molar-refractivity contribution is 8.14. The molecule has 0 aromatic heterocycles. The zero-order valence-electron chi connectivity index (χ0n) is 6.67. The lowest BCUT2D eigenvalue weighted by atomic mass is 10.2. The van der Waals surface area contributed by atoms with Crippen molar-refractivity contribution < 1.29 is 12.8 Å². The highest BCUT2D eigenvalue weighted by Crippen LogP contribution is 2.27. The molecule has 2 atom stereocenters. The summed E-state index contributed by atoms with van der Waals surface area (Å²) in [5.41, 5.74) is 0. The molecule has 1 rings (SSSR count). The first kappa shape index (κ1) is 10.3. The Morgan fingerprint density at radius 3 is 2.33 bits per heavy atom. The van der Waals surface area contributed by atoms with E-state index in [4.69, 9.17) is 10.7 Å². The second kappa shape index (κ2) is 3.92. The summed E-state index contributed by atoms with van der Waals surface area (Å²) in [5.74, 6) is 0. The molecule has 0 radical (unpaired) electrons. The predicted octanol–water partition coefficient (Wildman–Crippen LogP) is 2.23. The molecule has 72 valence electrons. The van der Waals surface area contributed by atoms with Crippen molar-refractivity contribution in [2.45, 2.75) is 43.5 Å². The van der Waals surface area contributed by atoms with Crippen molar-refractivity contribution in [3.63, 3.8) is 0 Å². The van der Waals surface area contributed by atoms with Crippen molar-refractivity contribution >= 4 is 19.7 Å². The van der Waals surface area contributed by atoms with Gasteiger partial charge in [-0.05, 0) is 12.8 Å². The number of hydrogen-bond donors (Lipinski definition) is 0. The monoisotopic (exact) mass is 214 g/mol. The smallest absolute Gasteiger partial charge is 0.238 e. The Hall–Kier alpha value is 0.170. The Balaban J connectivity index is 2.72. The molecule has 1 saturated carbocycles. The molecule has 5 heteroatoms. The fourth-order valence-corrected chi connectivity index (χ4v) is 3.08. The molecule has 0 heterocycles. The minimum absolute atomic E-state index is 0.330. The van der Waals surface area contributed by atoms with Crippen LogP contribution in [0, 0.1) is 0 Å². The molecule has 12 heavy (non-hydrogen) atoms. The molecular weight excluding hydrogens is 203 g/mol.